The minimum absolute atomic E-state index is 0.846. The maximum absolute atomic E-state index is 5.55. The Kier molecular flexibility index (Phi) is 4.04. The summed E-state index contributed by atoms with van der Waals surface area (Å²) in [6.07, 6.45) is 3.59. The van der Waals surface area contributed by atoms with Crippen molar-refractivity contribution in [2.45, 2.75) is 19.3 Å². The number of fused-ring (bicyclic) bond motifs is 1. The van der Waals surface area contributed by atoms with Crippen LogP contribution in [0.3, 0.4) is 0 Å². The first-order chi connectivity index (χ1) is 9.35. The SMILES string of the molecule is CNCC1CCN(CCc2ccc3c(c2)CCO3)C1. The number of hydrogen-bond acceptors (Lipinski definition) is 3. The molecule has 2 heterocycles. The lowest BCUT2D eigenvalue weighted by Gasteiger charge is -2.16. The molecule has 1 aromatic carbocycles. The molecule has 1 aromatic rings. The van der Waals surface area contributed by atoms with Gasteiger partial charge < -0.3 is 15.0 Å². The number of hydrogen-bond donors (Lipinski definition) is 1. The minimum Gasteiger partial charge on any atom is -0.493 e. The van der Waals surface area contributed by atoms with Gasteiger partial charge in [-0.1, -0.05) is 12.1 Å². The smallest absolute Gasteiger partial charge is 0.122 e. The van der Waals surface area contributed by atoms with Crippen LogP contribution in [0.2, 0.25) is 0 Å². The quantitative estimate of drug-likeness (QED) is 0.872. The van der Waals surface area contributed by atoms with E-state index in [9.17, 15) is 0 Å². The van der Waals surface area contributed by atoms with Crippen molar-refractivity contribution in [2.24, 2.45) is 5.92 Å². The van der Waals surface area contributed by atoms with Crippen LogP contribution in [0, 0.1) is 5.92 Å². The van der Waals surface area contributed by atoms with Gasteiger partial charge in [0.15, 0.2) is 0 Å². The molecule has 0 aliphatic carbocycles. The van der Waals surface area contributed by atoms with Gasteiger partial charge in [0.05, 0.1) is 6.61 Å². The molecule has 3 rings (SSSR count). The molecule has 19 heavy (non-hydrogen) atoms. The number of likely N-dealkylation sites (tertiary alicyclic amines) is 1. The molecule has 0 spiro atoms. The molecule has 0 bridgehead atoms. The van der Waals surface area contributed by atoms with E-state index in [4.69, 9.17) is 4.74 Å². The largest absolute Gasteiger partial charge is 0.493 e. The van der Waals surface area contributed by atoms with Crippen molar-refractivity contribution >= 4 is 0 Å². The van der Waals surface area contributed by atoms with Crippen molar-refractivity contribution in [3.8, 4) is 5.75 Å². The summed E-state index contributed by atoms with van der Waals surface area (Å²) in [5.74, 6) is 1.94. The molecule has 3 nitrogen and oxygen atoms in total. The fourth-order valence-electron chi connectivity index (χ4n) is 3.25. The van der Waals surface area contributed by atoms with E-state index in [0.29, 0.717) is 0 Å². The number of ether oxygens (including phenoxy) is 1. The standard InChI is InChI=1S/C16H24N2O/c1-17-11-14-5-8-18(12-14)7-4-13-2-3-16-15(10-13)6-9-19-16/h2-3,10,14,17H,4-9,11-12H2,1H3. The van der Waals surface area contributed by atoms with Crippen molar-refractivity contribution in [1.82, 2.24) is 10.2 Å². The Labute approximate surface area is 115 Å². The Morgan fingerprint density at radius 1 is 1.42 bits per heavy atom. The van der Waals surface area contributed by atoms with Gasteiger partial charge >= 0.3 is 0 Å². The second kappa shape index (κ2) is 5.93. The van der Waals surface area contributed by atoms with E-state index in [1.807, 2.05) is 0 Å². The highest BCUT2D eigenvalue weighted by atomic mass is 16.5. The molecule has 3 heteroatoms. The molecular formula is C16H24N2O. The maximum atomic E-state index is 5.55. The zero-order valence-electron chi connectivity index (χ0n) is 11.8. The van der Waals surface area contributed by atoms with Gasteiger partial charge in [0.25, 0.3) is 0 Å². The molecule has 1 unspecified atom stereocenters. The van der Waals surface area contributed by atoms with Gasteiger partial charge in [-0.2, -0.15) is 0 Å². The van der Waals surface area contributed by atoms with Crippen LogP contribution in [0.5, 0.6) is 5.75 Å². The molecule has 0 aromatic heterocycles. The van der Waals surface area contributed by atoms with Gasteiger partial charge in [-0.15, -0.1) is 0 Å². The Hall–Kier alpha value is -1.06. The first-order valence-electron chi connectivity index (χ1n) is 7.46. The Morgan fingerprint density at radius 2 is 2.37 bits per heavy atom. The first-order valence-corrected chi connectivity index (χ1v) is 7.46. The molecule has 2 aliphatic rings. The molecule has 0 radical (unpaired) electrons. The summed E-state index contributed by atoms with van der Waals surface area (Å²) in [4.78, 5) is 2.60. The lowest BCUT2D eigenvalue weighted by Crippen LogP contribution is -2.26. The Balaban J connectivity index is 1.50. The Morgan fingerprint density at radius 3 is 3.26 bits per heavy atom. The maximum Gasteiger partial charge on any atom is 0.122 e. The molecular weight excluding hydrogens is 236 g/mol. The van der Waals surface area contributed by atoms with E-state index in [0.717, 1.165) is 31.2 Å². The van der Waals surface area contributed by atoms with Gasteiger partial charge in [0.2, 0.25) is 0 Å². The van der Waals surface area contributed by atoms with Crippen molar-refractivity contribution in [3.05, 3.63) is 29.3 Å². The van der Waals surface area contributed by atoms with Crippen LogP contribution in [0.25, 0.3) is 0 Å². The lowest BCUT2D eigenvalue weighted by molar-refractivity contribution is 0.327. The molecule has 1 atom stereocenters. The third kappa shape index (κ3) is 3.10. The highest BCUT2D eigenvalue weighted by Crippen LogP contribution is 2.26. The number of benzene rings is 1. The normalized spacial score (nSPS) is 22.5. The monoisotopic (exact) mass is 260 g/mol. The Bertz CT molecular complexity index is 433. The summed E-state index contributed by atoms with van der Waals surface area (Å²) in [7, 11) is 2.05. The summed E-state index contributed by atoms with van der Waals surface area (Å²) in [6, 6.07) is 6.71. The van der Waals surface area contributed by atoms with Crippen molar-refractivity contribution in [1.29, 1.82) is 0 Å². The van der Waals surface area contributed by atoms with Crippen LogP contribution in [0.4, 0.5) is 0 Å². The summed E-state index contributed by atoms with van der Waals surface area (Å²) < 4.78 is 5.55. The van der Waals surface area contributed by atoms with Gasteiger partial charge in [-0.3, -0.25) is 0 Å². The second-order valence-corrected chi connectivity index (χ2v) is 5.80. The van der Waals surface area contributed by atoms with Crippen LogP contribution in [0.15, 0.2) is 18.2 Å². The summed E-state index contributed by atoms with van der Waals surface area (Å²) in [6.45, 7) is 5.73. The van der Waals surface area contributed by atoms with Crippen molar-refractivity contribution in [3.63, 3.8) is 0 Å². The molecule has 104 valence electrons. The van der Waals surface area contributed by atoms with Crippen LogP contribution >= 0.6 is 0 Å². The fraction of sp³-hybridized carbons (Fsp3) is 0.625. The predicted molar refractivity (Wildman–Crippen MR) is 77.8 cm³/mol. The highest BCUT2D eigenvalue weighted by Gasteiger charge is 2.21. The second-order valence-electron chi connectivity index (χ2n) is 5.80. The van der Waals surface area contributed by atoms with Gasteiger partial charge in [0, 0.05) is 19.5 Å². The first kappa shape index (κ1) is 12.9. The van der Waals surface area contributed by atoms with E-state index < -0.39 is 0 Å². The summed E-state index contributed by atoms with van der Waals surface area (Å²) >= 11 is 0. The molecule has 2 aliphatic heterocycles. The average Bonchev–Trinajstić information content (AvgIpc) is 3.04. The van der Waals surface area contributed by atoms with E-state index in [1.165, 1.54) is 43.6 Å². The molecule has 0 saturated carbocycles. The zero-order chi connectivity index (χ0) is 13.1. The zero-order valence-corrected chi connectivity index (χ0v) is 11.8. The highest BCUT2D eigenvalue weighted by molar-refractivity contribution is 5.39. The van der Waals surface area contributed by atoms with Crippen LogP contribution in [-0.4, -0.2) is 44.7 Å². The molecule has 1 saturated heterocycles. The van der Waals surface area contributed by atoms with Gasteiger partial charge in [-0.25, -0.2) is 0 Å². The topological polar surface area (TPSA) is 24.5 Å². The predicted octanol–water partition coefficient (Wildman–Crippen LogP) is 1.71. The minimum atomic E-state index is 0.846. The van der Waals surface area contributed by atoms with Crippen LogP contribution < -0.4 is 10.1 Å². The average molecular weight is 260 g/mol. The fourth-order valence-corrected chi connectivity index (χ4v) is 3.25. The van der Waals surface area contributed by atoms with E-state index >= 15 is 0 Å². The van der Waals surface area contributed by atoms with E-state index in [2.05, 4.69) is 35.5 Å². The number of rotatable bonds is 5. The van der Waals surface area contributed by atoms with E-state index in [1.54, 1.807) is 0 Å². The van der Waals surface area contributed by atoms with Crippen LogP contribution in [-0.2, 0) is 12.8 Å². The van der Waals surface area contributed by atoms with Crippen molar-refractivity contribution < 1.29 is 4.74 Å². The number of nitrogens with one attached hydrogen (secondary N) is 1. The third-order valence-electron chi connectivity index (χ3n) is 4.33. The van der Waals surface area contributed by atoms with Crippen molar-refractivity contribution in [2.75, 3.05) is 39.8 Å². The molecule has 0 amide bonds. The van der Waals surface area contributed by atoms with Gasteiger partial charge in [-0.05, 0) is 56.1 Å². The molecule has 1 fully saturated rings. The number of nitrogens with zero attached hydrogens (tertiary/aromatic N) is 1. The molecule has 1 N–H and O–H groups in total. The van der Waals surface area contributed by atoms with E-state index in [-0.39, 0.29) is 0 Å². The van der Waals surface area contributed by atoms with Gasteiger partial charge in [0.1, 0.15) is 5.75 Å². The van der Waals surface area contributed by atoms with Crippen LogP contribution in [0.1, 0.15) is 17.5 Å². The summed E-state index contributed by atoms with van der Waals surface area (Å²) in [5.41, 5.74) is 2.85. The summed E-state index contributed by atoms with van der Waals surface area (Å²) in [5, 5.41) is 3.29. The lowest BCUT2D eigenvalue weighted by atomic mass is 10.1. The third-order valence-corrected chi connectivity index (χ3v) is 4.33.